The third-order valence-electron chi connectivity index (χ3n) is 4.18. The number of hydrogen-bond donors (Lipinski definition) is 1. The quantitative estimate of drug-likeness (QED) is 0.455. The molecule has 1 aromatic heterocycles. The van der Waals surface area contributed by atoms with Crippen LogP contribution in [0.3, 0.4) is 0 Å². The summed E-state index contributed by atoms with van der Waals surface area (Å²) in [5, 5.41) is 13.1. The lowest BCUT2D eigenvalue weighted by Gasteiger charge is -2.15. The van der Waals surface area contributed by atoms with Crippen LogP contribution in [0.2, 0.25) is 5.02 Å². The zero-order chi connectivity index (χ0) is 20.1. The van der Waals surface area contributed by atoms with Crippen molar-refractivity contribution in [2.75, 3.05) is 0 Å². The summed E-state index contributed by atoms with van der Waals surface area (Å²) >= 11 is 11.0. The van der Waals surface area contributed by atoms with Crippen molar-refractivity contribution in [1.82, 2.24) is 20.1 Å². The number of carbonyl (C=O) groups is 1. The number of amides is 1. The Morgan fingerprint density at radius 1 is 1.18 bits per heavy atom. The summed E-state index contributed by atoms with van der Waals surface area (Å²) in [5.74, 6) is 1.37. The van der Waals surface area contributed by atoms with Gasteiger partial charge in [0.2, 0.25) is 0 Å². The maximum atomic E-state index is 12.5. The molecule has 1 heterocycles. The van der Waals surface area contributed by atoms with Crippen LogP contribution in [0.4, 0.5) is 0 Å². The molecule has 0 saturated heterocycles. The summed E-state index contributed by atoms with van der Waals surface area (Å²) in [6, 6.07) is 14.8. The van der Waals surface area contributed by atoms with Crippen molar-refractivity contribution in [2.45, 2.75) is 37.3 Å². The maximum Gasteiger partial charge on any atom is 0.251 e. The predicted molar refractivity (Wildman–Crippen MR) is 117 cm³/mol. The standard InChI is InChI=1S/C20H20BrClN4OS/c1-3-26-18(13(2)23-19(27)15-6-10-17(22)11-7-15)24-25-20(26)28-12-14-4-8-16(21)9-5-14/h4-11,13H,3,12H2,1-2H3,(H,23,27)/t13-/m0/s1. The number of carbonyl (C=O) groups excluding carboxylic acids is 1. The van der Waals surface area contributed by atoms with E-state index in [0.29, 0.717) is 10.6 Å². The van der Waals surface area contributed by atoms with Crippen LogP contribution in [0.15, 0.2) is 58.2 Å². The van der Waals surface area contributed by atoms with Gasteiger partial charge in [-0.3, -0.25) is 4.79 Å². The fourth-order valence-corrected chi connectivity index (χ4v) is 4.05. The van der Waals surface area contributed by atoms with E-state index in [0.717, 1.165) is 27.8 Å². The fraction of sp³-hybridized carbons (Fsp3) is 0.250. The second kappa shape index (κ2) is 9.58. The van der Waals surface area contributed by atoms with Crippen LogP contribution in [0.1, 0.15) is 41.6 Å². The van der Waals surface area contributed by atoms with E-state index in [-0.39, 0.29) is 11.9 Å². The van der Waals surface area contributed by atoms with Gasteiger partial charge in [0.25, 0.3) is 5.91 Å². The van der Waals surface area contributed by atoms with Gasteiger partial charge in [-0.05, 0) is 55.8 Å². The van der Waals surface area contributed by atoms with Gasteiger partial charge in [0.1, 0.15) is 0 Å². The molecule has 28 heavy (non-hydrogen) atoms. The van der Waals surface area contributed by atoms with Gasteiger partial charge in [-0.1, -0.05) is 51.4 Å². The molecule has 0 spiro atoms. The summed E-state index contributed by atoms with van der Waals surface area (Å²) < 4.78 is 3.10. The average molecular weight is 480 g/mol. The Hall–Kier alpha value is -1.83. The lowest BCUT2D eigenvalue weighted by atomic mass is 10.2. The Kier molecular flexibility index (Phi) is 7.15. The van der Waals surface area contributed by atoms with Crippen LogP contribution in [-0.4, -0.2) is 20.7 Å². The molecule has 3 rings (SSSR count). The largest absolute Gasteiger partial charge is 0.342 e. The molecule has 1 atom stereocenters. The van der Waals surface area contributed by atoms with E-state index in [4.69, 9.17) is 11.6 Å². The van der Waals surface area contributed by atoms with Crippen LogP contribution in [0.25, 0.3) is 0 Å². The van der Waals surface area contributed by atoms with Crippen LogP contribution in [-0.2, 0) is 12.3 Å². The van der Waals surface area contributed by atoms with Crippen LogP contribution < -0.4 is 5.32 Å². The van der Waals surface area contributed by atoms with E-state index < -0.39 is 0 Å². The molecule has 0 unspecified atom stereocenters. The lowest BCUT2D eigenvalue weighted by Crippen LogP contribution is -2.28. The van der Waals surface area contributed by atoms with Gasteiger partial charge in [0.15, 0.2) is 11.0 Å². The van der Waals surface area contributed by atoms with Crippen molar-refractivity contribution in [3.8, 4) is 0 Å². The highest BCUT2D eigenvalue weighted by Gasteiger charge is 2.19. The SMILES string of the molecule is CCn1c(SCc2ccc(Br)cc2)nnc1[C@H](C)NC(=O)c1ccc(Cl)cc1. The van der Waals surface area contributed by atoms with E-state index in [1.165, 1.54) is 5.56 Å². The van der Waals surface area contributed by atoms with Gasteiger partial charge in [-0.25, -0.2) is 0 Å². The molecule has 1 N–H and O–H groups in total. The molecule has 0 bridgehead atoms. The van der Waals surface area contributed by atoms with Crippen molar-refractivity contribution in [1.29, 1.82) is 0 Å². The van der Waals surface area contributed by atoms with Crippen LogP contribution in [0.5, 0.6) is 0 Å². The van der Waals surface area contributed by atoms with Crippen molar-refractivity contribution in [3.63, 3.8) is 0 Å². The smallest absolute Gasteiger partial charge is 0.251 e. The molecule has 0 radical (unpaired) electrons. The molecule has 3 aromatic rings. The van der Waals surface area contributed by atoms with E-state index in [1.807, 2.05) is 30.5 Å². The first-order valence-corrected chi connectivity index (χ1v) is 11.0. The third kappa shape index (κ3) is 5.16. The number of benzene rings is 2. The highest BCUT2D eigenvalue weighted by molar-refractivity contribution is 9.10. The van der Waals surface area contributed by atoms with Gasteiger partial charge in [0, 0.05) is 27.4 Å². The fourth-order valence-electron chi connectivity index (χ4n) is 2.70. The summed E-state index contributed by atoms with van der Waals surface area (Å²) in [4.78, 5) is 12.5. The number of nitrogens with zero attached hydrogens (tertiary/aromatic N) is 3. The number of halogens is 2. The van der Waals surface area contributed by atoms with Gasteiger partial charge in [-0.15, -0.1) is 10.2 Å². The average Bonchev–Trinajstić information content (AvgIpc) is 3.11. The molecule has 0 aliphatic carbocycles. The maximum absolute atomic E-state index is 12.5. The minimum atomic E-state index is -0.266. The van der Waals surface area contributed by atoms with Crippen LogP contribution >= 0.6 is 39.3 Å². The van der Waals surface area contributed by atoms with Crippen LogP contribution in [0, 0.1) is 0 Å². The zero-order valence-electron chi connectivity index (χ0n) is 15.5. The molecule has 0 fully saturated rings. The highest BCUT2D eigenvalue weighted by atomic mass is 79.9. The molecule has 0 aliphatic heterocycles. The van der Waals surface area contributed by atoms with Crippen molar-refractivity contribution in [2.24, 2.45) is 0 Å². The van der Waals surface area contributed by atoms with Gasteiger partial charge >= 0.3 is 0 Å². The Morgan fingerprint density at radius 3 is 2.50 bits per heavy atom. The van der Waals surface area contributed by atoms with Crippen molar-refractivity contribution >= 4 is 45.2 Å². The predicted octanol–water partition coefficient (Wildman–Crippen LogP) is 5.50. The monoisotopic (exact) mass is 478 g/mol. The zero-order valence-corrected chi connectivity index (χ0v) is 18.7. The summed E-state index contributed by atoms with van der Waals surface area (Å²) in [6.45, 7) is 4.68. The minimum absolute atomic E-state index is 0.168. The van der Waals surface area contributed by atoms with E-state index in [9.17, 15) is 4.79 Å². The Labute approximate surface area is 182 Å². The lowest BCUT2D eigenvalue weighted by molar-refractivity contribution is 0.0937. The first-order chi connectivity index (χ1) is 13.5. The molecule has 1 amide bonds. The summed E-state index contributed by atoms with van der Waals surface area (Å²) in [7, 11) is 0. The number of rotatable bonds is 7. The van der Waals surface area contributed by atoms with Crippen molar-refractivity contribution < 1.29 is 4.79 Å². The minimum Gasteiger partial charge on any atom is -0.342 e. The Balaban J connectivity index is 1.68. The van der Waals surface area contributed by atoms with Gasteiger partial charge < -0.3 is 9.88 Å². The second-order valence-electron chi connectivity index (χ2n) is 6.20. The Morgan fingerprint density at radius 2 is 1.86 bits per heavy atom. The molecule has 5 nitrogen and oxygen atoms in total. The number of nitrogens with one attached hydrogen (secondary N) is 1. The molecule has 8 heteroatoms. The molecule has 0 aliphatic rings. The van der Waals surface area contributed by atoms with E-state index in [2.05, 4.69) is 43.6 Å². The molecular weight excluding hydrogens is 460 g/mol. The van der Waals surface area contributed by atoms with Crippen molar-refractivity contribution in [3.05, 3.63) is 75.0 Å². The molecule has 0 saturated carbocycles. The van der Waals surface area contributed by atoms with Gasteiger partial charge in [0.05, 0.1) is 6.04 Å². The first-order valence-electron chi connectivity index (χ1n) is 8.84. The first kappa shape index (κ1) is 20.9. The van der Waals surface area contributed by atoms with E-state index >= 15 is 0 Å². The topological polar surface area (TPSA) is 59.8 Å². The third-order valence-corrected chi connectivity index (χ3v) is 6.00. The van der Waals surface area contributed by atoms with Gasteiger partial charge in [-0.2, -0.15) is 0 Å². The highest BCUT2D eigenvalue weighted by Crippen LogP contribution is 2.25. The number of hydrogen-bond acceptors (Lipinski definition) is 4. The summed E-state index contributed by atoms with van der Waals surface area (Å²) in [6.07, 6.45) is 0. The second-order valence-corrected chi connectivity index (χ2v) is 8.50. The molecular formula is C20H20BrClN4OS. The summed E-state index contributed by atoms with van der Waals surface area (Å²) in [5.41, 5.74) is 1.77. The number of thioether (sulfide) groups is 1. The normalized spacial score (nSPS) is 12.0. The Bertz CT molecular complexity index is 944. The molecule has 146 valence electrons. The van der Waals surface area contributed by atoms with E-state index in [1.54, 1.807) is 36.0 Å². The molecule has 2 aromatic carbocycles. The number of aromatic nitrogens is 3.